The van der Waals surface area contributed by atoms with Crippen LogP contribution in [0.4, 0.5) is 11.4 Å². The molecular weight excluding hydrogens is 392 g/mol. The molecule has 0 heterocycles. The number of nitrogen functional groups attached to an aromatic ring is 1. The lowest BCUT2D eigenvalue weighted by Crippen LogP contribution is -2.20. The summed E-state index contributed by atoms with van der Waals surface area (Å²) in [5, 5.41) is 6.77. The molecule has 0 spiro atoms. The van der Waals surface area contributed by atoms with Crippen LogP contribution in [0.25, 0.3) is 0 Å². The summed E-state index contributed by atoms with van der Waals surface area (Å²) >= 11 is 0. The zero-order valence-electron chi connectivity index (χ0n) is 17.4. The summed E-state index contributed by atoms with van der Waals surface area (Å²) < 4.78 is 5.57. The van der Waals surface area contributed by atoms with Crippen molar-refractivity contribution in [3.63, 3.8) is 0 Å². The topological polar surface area (TPSA) is 106 Å². The third-order valence-corrected chi connectivity index (χ3v) is 4.60. The summed E-state index contributed by atoms with van der Waals surface area (Å²) in [5.74, 6) is -0.141. The van der Waals surface area contributed by atoms with E-state index < -0.39 is 5.91 Å². The maximum atomic E-state index is 12.2. The SMILES string of the molecule is Cc1ccc(NC(=O)COc2cccc(/C=N/NC(=O)c3ccccc3N)c2)cc1C. The van der Waals surface area contributed by atoms with E-state index in [1.807, 2.05) is 32.0 Å². The van der Waals surface area contributed by atoms with E-state index in [0.29, 0.717) is 22.6 Å². The number of hydrogen-bond donors (Lipinski definition) is 3. The van der Waals surface area contributed by atoms with E-state index in [4.69, 9.17) is 10.5 Å². The second-order valence-corrected chi connectivity index (χ2v) is 6.99. The molecule has 2 amide bonds. The van der Waals surface area contributed by atoms with Gasteiger partial charge in [0.1, 0.15) is 5.75 Å². The molecule has 0 bridgehead atoms. The summed E-state index contributed by atoms with van der Waals surface area (Å²) in [7, 11) is 0. The molecule has 0 aliphatic carbocycles. The molecule has 3 aromatic carbocycles. The van der Waals surface area contributed by atoms with Crippen molar-refractivity contribution in [2.75, 3.05) is 17.7 Å². The Morgan fingerprint density at radius 2 is 1.81 bits per heavy atom. The third-order valence-electron chi connectivity index (χ3n) is 4.60. The number of rotatable bonds is 7. The molecule has 31 heavy (non-hydrogen) atoms. The molecule has 0 unspecified atom stereocenters. The van der Waals surface area contributed by atoms with Gasteiger partial charge in [-0.1, -0.05) is 30.3 Å². The highest BCUT2D eigenvalue weighted by atomic mass is 16.5. The summed E-state index contributed by atoms with van der Waals surface area (Å²) in [6, 6.07) is 19.5. The molecule has 0 aromatic heterocycles. The second kappa shape index (κ2) is 10.1. The number of anilines is 2. The van der Waals surface area contributed by atoms with Crippen LogP contribution in [0.15, 0.2) is 71.8 Å². The van der Waals surface area contributed by atoms with Crippen LogP contribution in [0.3, 0.4) is 0 Å². The molecule has 0 saturated carbocycles. The maximum absolute atomic E-state index is 12.2. The summed E-state index contributed by atoms with van der Waals surface area (Å²) in [4.78, 5) is 24.3. The molecule has 0 aliphatic heterocycles. The van der Waals surface area contributed by atoms with E-state index in [1.54, 1.807) is 48.5 Å². The molecule has 4 N–H and O–H groups in total. The first-order valence-electron chi connectivity index (χ1n) is 9.70. The monoisotopic (exact) mass is 416 g/mol. The van der Waals surface area contributed by atoms with Crippen molar-refractivity contribution in [2.45, 2.75) is 13.8 Å². The van der Waals surface area contributed by atoms with Gasteiger partial charge in [0.05, 0.1) is 11.8 Å². The molecule has 0 fully saturated rings. The van der Waals surface area contributed by atoms with Crippen molar-refractivity contribution in [1.29, 1.82) is 0 Å². The van der Waals surface area contributed by atoms with Gasteiger partial charge in [-0.3, -0.25) is 9.59 Å². The Morgan fingerprint density at radius 3 is 2.58 bits per heavy atom. The first-order chi connectivity index (χ1) is 14.9. The summed E-state index contributed by atoms with van der Waals surface area (Å²) in [6.45, 7) is 3.88. The number of aryl methyl sites for hydroxylation is 2. The molecule has 158 valence electrons. The fourth-order valence-electron chi connectivity index (χ4n) is 2.78. The Balaban J connectivity index is 1.53. The number of amides is 2. The normalized spacial score (nSPS) is 10.6. The van der Waals surface area contributed by atoms with Crippen LogP contribution in [0.1, 0.15) is 27.0 Å². The minimum Gasteiger partial charge on any atom is -0.484 e. The van der Waals surface area contributed by atoms with Crippen LogP contribution in [-0.2, 0) is 4.79 Å². The zero-order valence-corrected chi connectivity index (χ0v) is 17.4. The lowest BCUT2D eigenvalue weighted by molar-refractivity contribution is -0.118. The number of carbonyl (C=O) groups is 2. The molecule has 0 radical (unpaired) electrons. The van der Waals surface area contributed by atoms with Gasteiger partial charge in [-0.05, 0) is 66.9 Å². The highest BCUT2D eigenvalue weighted by Gasteiger charge is 2.07. The number of nitrogens with zero attached hydrogens (tertiary/aromatic N) is 1. The van der Waals surface area contributed by atoms with Crippen molar-refractivity contribution in [3.8, 4) is 5.75 Å². The number of carbonyl (C=O) groups excluding carboxylic acids is 2. The van der Waals surface area contributed by atoms with Gasteiger partial charge >= 0.3 is 0 Å². The molecule has 7 nitrogen and oxygen atoms in total. The largest absolute Gasteiger partial charge is 0.484 e. The van der Waals surface area contributed by atoms with Crippen molar-refractivity contribution in [2.24, 2.45) is 5.10 Å². The first kappa shape index (κ1) is 21.6. The maximum Gasteiger partial charge on any atom is 0.273 e. The van der Waals surface area contributed by atoms with E-state index in [1.165, 1.54) is 6.21 Å². The van der Waals surface area contributed by atoms with Crippen LogP contribution in [0, 0.1) is 13.8 Å². The number of nitrogens with two attached hydrogens (primary N) is 1. The van der Waals surface area contributed by atoms with Crippen molar-refractivity contribution < 1.29 is 14.3 Å². The van der Waals surface area contributed by atoms with Gasteiger partial charge in [0, 0.05) is 11.4 Å². The minimum atomic E-state index is -0.398. The van der Waals surface area contributed by atoms with Gasteiger partial charge in [-0.2, -0.15) is 5.10 Å². The second-order valence-electron chi connectivity index (χ2n) is 6.99. The Morgan fingerprint density at radius 1 is 1.00 bits per heavy atom. The van der Waals surface area contributed by atoms with E-state index in [-0.39, 0.29) is 12.5 Å². The highest BCUT2D eigenvalue weighted by Crippen LogP contribution is 2.15. The number of ether oxygens (including phenoxy) is 1. The van der Waals surface area contributed by atoms with Gasteiger partial charge in [-0.15, -0.1) is 0 Å². The predicted octanol–water partition coefficient (Wildman–Crippen LogP) is 3.67. The van der Waals surface area contributed by atoms with Gasteiger partial charge in [0.2, 0.25) is 0 Å². The van der Waals surface area contributed by atoms with Gasteiger partial charge < -0.3 is 15.8 Å². The van der Waals surface area contributed by atoms with Crippen LogP contribution < -0.4 is 21.2 Å². The molecule has 7 heteroatoms. The van der Waals surface area contributed by atoms with E-state index >= 15 is 0 Å². The fourth-order valence-corrected chi connectivity index (χ4v) is 2.78. The predicted molar refractivity (Wildman–Crippen MR) is 122 cm³/mol. The third kappa shape index (κ3) is 6.17. The Hall–Kier alpha value is -4.13. The van der Waals surface area contributed by atoms with Gasteiger partial charge in [0.15, 0.2) is 6.61 Å². The van der Waals surface area contributed by atoms with Crippen LogP contribution >= 0.6 is 0 Å². The van der Waals surface area contributed by atoms with Crippen molar-refractivity contribution in [3.05, 3.63) is 89.0 Å². The molecular formula is C24H24N4O3. The van der Waals surface area contributed by atoms with Crippen molar-refractivity contribution >= 4 is 29.4 Å². The Bertz CT molecular complexity index is 1130. The summed E-state index contributed by atoms with van der Waals surface area (Å²) in [6.07, 6.45) is 1.49. The molecule has 0 atom stereocenters. The van der Waals surface area contributed by atoms with E-state index in [2.05, 4.69) is 15.8 Å². The van der Waals surface area contributed by atoms with Crippen LogP contribution in [0.5, 0.6) is 5.75 Å². The van der Waals surface area contributed by atoms with E-state index in [9.17, 15) is 9.59 Å². The average Bonchev–Trinajstić information content (AvgIpc) is 2.75. The van der Waals surface area contributed by atoms with Crippen LogP contribution in [0.2, 0.25) is 0 Å². The number of hydrogen-bond acceptors (Lipinski definition) is 5. The number of hydrazone groups is 1. The lowest BCUT2D eigenvalue weighted by atomic mass is 10.1. The minimum absolute atomic E-state index is 0.127. The lowest BCUT2D eigenvalue weighted by Gasteiger charge is -2.09. The number of para-hydroxylation sites is 1. The smallest absolute Gasteiger partial charge is 0.273 e. The Labute approximate surface area is 180 Å². The van der Waals surface area contributed by atoms with Gasteiger partial charge in [-0.25, -0.2) is 5.43 Å². The molecule has 0 aliphatic rings. The van der Waals surface area contributed by atoms with Crippen LogP contribution in [-0.4, -0.2) is 24.6 Å². The highest BCUT2D eigenvalue weighted by molar-refractivity contribution is 5.99. The average molecular weight is 416 g/mol. The van der Waals surface area contributed by atoms with Gasteiger partial charge in [0.25, 0.3) is 11.8 Å². The first-order valence-corrected chi connectivity index (χ1v) is 9.70. The quantitative estimate of drug-likeness (QED) is 0.310. The number of nitrogens with one attached hydrogen (secondary N) is 2. The molecule has 0 saturated heterocycles. The van der Waals surface area contributed by atoms with E-state index in [0.717, 1.165) is 16.8 Å². The summed E-state index contributed by atoms with van der Waals surface area (Å²) in [5.41, 5.74) is 12.7. The zero-order chi connectivity index (χ0) is 22.2. The standard InChI is InChI=1S/C24H24N4O3/c1-16-10-11-19(12-17(16)2)27-23(29)15-31-20-7-5-6-18(13-20)14-26-28-24(30)21-8-3-4-9-22(21)25/h3-14H,15,25H2,1-2H3,(H,27,29)(H,28,30)/b26-14+. The number of benzene rings is 3. The molecule has 3 rings (SSSR count). The van der Waals surface area contributed by atoms with Crippen molar-refractivity contribution in [1.82, 2.24) is 5.43 Å². The fraction of sp³-hybridized carbons (Fsp3) is 0.125. The Kier molecular flexibility index (Phi) is 7.01. The molecule has 3 aromatic rings.